The minimum atomic E-state index is -0.556. The molecule has 9 nitrogen and oxygen atoms in total. The van der Waals surface area contributed by atoms with Crippen LogP contribution in [0.5, 0.6) is 17.2 Å². The first-order valence-corrected chi connectivity index (χ1v) is 14.9. The lowest BCUT2D eigenvalue weighted by Gasteiger charge is -2.21. The van der Waals surface area contributed by atoms with Crippen LogP contribution in [0.2, 0.25) is 0 Å². The lowest BCUT2D eigenvalue weighted by atomic mass is 9.98. The third-order valence-corrected chi connectivity index (χ3v) is 6.76. The van der Waals surface area contributed by atoms with Gasteiger partial charge >= 0.3 is 23.9 Å². The summed E-state index contributed by atoms with van der Waals surface area (Å²) in [6.07, 6.45) is 12.2. The average molecular weight is 605 g/mol. The molecule has 0 atom stereocenters. The van der Waals surface area contributed by atoms with Crippen LogP contribution >= 0.6 is 0 Å². The predicted molar refractivity (Wildman–Crippen MR) is 165 cm³/mol. The van der Waals surface area contributed by atoms with Crippen molar-refractivity contribution >= 4 is 30.0 Å². The maximum Gasteiger partial charge on any atom is 0.336 e. The quantitative estimate of drug-likeness (QED) is 0.0842. The second kappa shape index (κ2) is 18.8. The fraction of sp³-hybridized carbons (Fsp3) is 0.371. The summed E-state index contributed by atoms with van der Waals surface area (Å²) in [6, 6.07) is 13.4. The van der Waals surface area contributed by atoms with Gasteiger partial charge in [-0.25, -0.2) is 14.4 Å². The Kier molecular flexibility index (Phi) is 14.4. The molecule has 1 fully saturated rings. The number of carbonyl (C=O) groups excluding carboxylic acids is 4. The summed E-state index contributed by atoms with van der Waals surface area (Å²) in [5.41, 5.74) is 0.855. The van der Waals surface area contributed by atoms with E-state index in [1.54, 1.807) is 54.6 Å². The summed E-state index contributed by atoms with van der Waals surface area (Å²) >= 11 is 0. The topological polar surface area (TPSA) is 114 Å². The molecule has 3 rings (SSSR count). The van der Waals surface area contributed by atoms with Crippen LogP contribution in [0.25, 0.3) is 6.08 Å². The van der Waals surface area contributed by atoms with E-state index in [0.717, 1.165) is 56.6 Å². The van der Waals surface area contributed by atoms with E-state index in [4.69, 9.17) is 23.7 Å². The number of unbranched alkanes of at least 4 members (excludes halogenated alkanes) is 3. The Bertz CT molecular complexity index is 1290. The smallest absolute Gasteiger partial charge is 0.336 e. The highest BCUT2D eigenvalue weighted by atomic mass is 16.6. The van der Waals surface area contributed by atoms with E-state index in [1.807, 2.05) is 0 Å². The molecule has 44 heavy (non-hydrogen) atoms. The van der Waals surface area contributed by atoms with E-state index in [-0.39, 0.29) is 24.7 Å². The molecule has 1 saturated carbocycles. The molecule has 0 aromatic heterocycles. The molecule has 0 amide bonds. The number of hydrogen-bond donors (Lipinski definition) is 0. The van der Waals surface area contributed by atoms with Crippen LogP contribution in [-0.2, 0) is 28.7 Å². The molecule has 0 radical (unpaired) electrons. The van der Waals surface area contributed by atoms with Gasteiger partial charge in [0, 0.05) is 17.7 Å². The van der Waals surface area contributed by atoms with E-state index in [9.17, 15) is 19.2 Å². The number of esters is 4. The van der Waals surface area contributed by atoms with Crippen molar-refractivity contribution in [1.29, 1.82) is 0 Å². The molecule has 0 N–H and O–H groups in total. The third-order valence-electron chi connectivity index (χ3n) is 6.76. The van der Waals surface area contributed by atoms with Gasteiger partial charge in [0.05, 0.1) is 19.6 Å². The van der Waals surface area contributed by atoms with Gasteiger partial charge in [0.25, 0.3) is 0 Å². The molecule has 2 aromatic rings. The summed E-state index contributed by atoms with van der Waals surface area (Å²) < 4.78 is 26.7. The van der Waals surface area contributed by atoms with Gasteiger partial charge in [0.2, 0.25) is 0 Å². The van der Waals surface area contributed by atoms with E-state index in [2.05, 4.69) is 13.2 Å². The largest absolute Gasteiger partial charge is 0.494 e. The highest BCUT2D eigenvalue weighted by Gasteiger charge is 2.20. The van der Waals surface area contributed by atoms with Crippen molar-refractivity contribution in [1.82, 2.24) is 0 Å². The Morgan fingerprint density at radius 1 is 0.750 bits per heavy atom. The van der Waals surface area contributed by atoms with Gasteiger partial charge in [0.15, 0.2) is 0 Å². The first kappa shape index (κ1) is 33.8. The number of benzene rings is 2. The standard InChI is InChI=1S/C35H40O9/c1-3-32(36)42-30-16-13-27(14-17-30)15-22-33(37)43-31-20-18-28(19-21-31)40-23-9-4-5-10-24-41-35(39)26(2)25-34(38)44-29-11-7-6-8-12-29/h3,13-22,29H,1-2,4-12,23-25H2/b22-15+. The van der Waals surface area contributed by atoms with Gasteiger partial charge in [-0.05, 0) is 99.4 Å². The summed E-state index contributed by atoms with van der Waals surface area (Å²) in [7, 11) is 0. The molecule has 0 bridgehead atoms. The Hall–Kier alpha value is -4.66. The Balaban J connectivity index is 1.22. The maximum absolute atomic E-state index is 12.1. The van der Waals surface area contributed by atoms with Crippen molar-refractivity contribution in [2.24, 2.45) is 0 Å². The fourth-order valence-electron chi connectivity index (χ4n) is 4.39. The number of ether oxygens (including phenoxy) is 5. The van der Waals surface area contributed by atoms with Crippen LogP contribution in [0, 0.1) is 0 Å². The number of rotatable bonds is 17. The van der Waals surface area contributed by atoms with Gasteiger partial charge < -0.3 is 23.7 Å². The molecule has 234 valence electrons. The molecule has 9 heteroatoms. The summed E-state index contributed by atoms with van der Waals surface area (Å²) in [5, 5.41) is 0. The van der Waals surface area contributed by atoms with Crippen molar-refractivity contribution in [2.75, 3.05) is 13.2 Å². The Labute approximate surface area is 258 Å². The second-order valence-electron chi connectivity index (χ2n) is 10.3. The van der Waals surface area contributed by atoms with Gasteiger partial charge in [0.1, 0.15) is 23.4 Å². The third kappa shape index (κ3) is 13.1. The van der Waals surface area contributed by atoms with E-state index in [1.165, 1.54) is 12.5 Å². The molecule has 0 saturated heterocycles. The monoisotopic (exact) mass is 604 g/mol. The van der Waals surface area contributed by atoms with Crippen molar-refractivity contribution in [2.45, 2.75) is 70.3 Å². The van der Waals surface area contributed by atoms with Crippen LogP contribution in [0.15, 0.2) is 79.4 Å². The van der Waals surface area contributed by atoms with Gasteiger partial charge in [-0.1, -0.05) is 31.7 Å². The zero-order valence-corrected chi connectivity index (χ0v) is 25.0. The van der Waals surface area contributed by atoms with Crippen LogP contribution in [-0.4, -0.2) is 43.2 Å². The van der Waals surface area contributed by atoms with Crippen molar-refractivity contribution < 1.29 is 42.9 Å². The van der Waals surface area contributed by atoms with Crippen molar-refractivity contribution in [3.05, 3.63) is 85.0 Å². The maximum atomic E-state index is 12.1. The number of hydrogen-bond acceptors (Lipinski definition) is 9. The molecular formula is C35H40O9. The lowest BCUT2D eigenvalue weighted by molar-refractivity contribution is -0.151. The minimum absolute atomic E-state index is 0.0437. The van der Waals surface area contributed by atoms with E-state index >= 15 is 0 Å². The van der Waals surface area contributed by atoms with Crippen molar-refractivity contribution in [3.8, 4) is 17.2 Å². The zero-order valence-electron chi connectivity index (χ0n) is 25.0. The summed E-state index contributed by atoms with van der Waals surface area (Å²) in [5.74, 6) is -0.631. The van der Waals surface area contributed by atoms with Crippen molar-refractivity contribution in [3.63, 3.8) is 0 Å². The van der Waals surface area contributed by atoms with Crippen LogP contribution in [0.4, 0.5) is 0 Å². The fourth-order valence-corrected chi connectivity index (χ4v) is 4.39. The summed E-state index contributed by atoms with van der Waals surface area (Å²) in [6.45, 7) is 7.81. The molecule has 0 unspecified atom stereocenters. The second-order valence-corrected chi connectivity index (χ2v) is 10.3. The highest BCUT2D eigenvalue weighted by molar-refractivity contribution is 5.93. The SMILES string of the molecule is C=CC(=O)Oc1ccc(/C=C/C(=O)Oc2ccc(OCCCCCCOC(=O)C(=C)CC(=O)OC3CCCCC3)cc2)cc1. The predicted octanol–water partition coefficient (Wildman–Crippen LogP) is 6.70. The average Bonchev–Trinajstić information content (AvgIpc) is 3.03. The minimum Gasteiger partial charge on any atom is -0.494 e. The van der Waals surface area contributed by atoms with Crippen LogP contribution in [0.3, 0.4) is 0 Å². The first-order valence-electron chi connectivity index (χ1n) is 14.9. The molecule has 1 aliphatic rings. The molecule has 1 aliphatic carbocycles. The molecule has 2 aromatic carbocycles. The molecule has 0 aliphatic heterocycles. The first-order chi connectivity index (χ1) is 21.3. The highest BCUT2D eigenvalue weighted by Crippen LogP contribution is 2.22. The lowest BCUT2D eigenvalue weighted by Crippen LogP contribution is -2.22. The van der Waals surface area contributed by atoms with Gasteiger partial charge in [-0.15, -0.1) is 0 Å². The Morgan fingerprint density at radius 2 is 1.34 bits per heavy atom. The van der Waals surface area contributed by atoms with Crippen LogP contribution in [0.1, 0.15) is 69.8 Å². The van der Waals surface area contributed by atoms with Crippen LogP contribution < -0.4 is 14.2 Å². The van der Waals surface area contributed by atoms with E-state index < -0.39 is 23.9 Å². The molecule has 0 spiro atoms. The Morgan fingerprint density at radius 3 is 2.00 bits per heavy atom. The normalized spacial score (nSPS) is 13.1. The molecular weight excluding hydrogens is 564 g/mol. The summed E-state index contributed by atoms with van der Waals surface area (Å²) in [4.78, 5) is 47.5. The van der Waals surface area contributed by atoms with Gasteiger partial charge in [-0.2, -0.15) is 0 Å². The van der Waals surface area contributed by atoms with Gasteiger partial charge in [-0.3, -0.25) is 4.79 Å². The molecule has 0 heterocycles. The zero-order chi connectivity index (χ0) is 31.6. The van der Waals surface area contributed by atoms with E-state index in [0.29, 0.717) is 30.3 Å². The number of carbonyl (C=O) groups is 4.